The molecular formula is C21H22FN3O2. The number of aromatic amines is 1. The van der Waals surface area contributed by atoms with Crippen LogP contribution in [0.4, 0.5) is 10.1 Å². The Morgan fingerprint density at radius 3 is 2.56 bits per heavy atom. The Morgan fingerprint density at radius 2 is 1.85 bits per heavy atom. The predicted octanol–water partition coefficient (Wildman–Crippen LogP) is 3.59. The first kappa shape index (κ1) is 17.4. The van der Waals surface area contributed by atoms with E-state index in [1.54, 1.807) is 19.2 Å². The molecule has 0 atom stereocenters. The third kappa shape index (κ3) is 3.12. The second-order valence-corrected chi connectivity index (χ2v) is 6.77. The summed E-state index contributed by atoms with van der Waals surface area (Å²) in [4.78, 5) is 20.1. The number of H-pyrrole nitrogens is 1. The second kappa shape index (κ2) is 6.95. The number of ether oxygens (including phenoxy) is 1. The van der Waals surface area contributed by atoms with Crippen LogP contribution < -0.4 is 9.64 Å². The van der Waals surface area contributed by atoms with E-state index in [1.165, 1.54) is 6.07 Å². The van der Waals surface area contributed by atoms with Crippen LogP contribution in [0, 0.1) is 12.7 Å². The molecule has 6 heteroatoms. The number of aryl methyl sites for hydroxylation is 1. The number of nitrogens with zero attached hydrogens (tertiary/aromatic N) is 2. The molecule has 2 heterocycles. The molecule has 2 aromatic carbocycles. The van der Waals surface area contributed by atoms with Gasteiger partial charge in [-0.2, -0.15) is 0 Å². The quantitative estimate of drug-likeness (QED) is 0.770. The molecule has 5 nitrogen and oxygen atoms in total. The highest BCUT2D eigenvalue weighted by molar-refractivity contribution is 6.01. The summed E-state index contributed by atoms with van der Waals surface area (Å²) >= 11 is 0. The van der Waals surface area contributed by atoms with Crippen LogP contribution in [-0.4, -0.2) is 49.1 Å². The Labute approximate surface area is 157 Å². The number of carbonyl (C=O) groups is 1. The number of benzene rings is 2. The van der Waals surface area contributed by atoms with Gasteiger partial charge < -0.3 is 19.5 Å². The van der Waals surface area contributed by atoms with Gasteiger partial charge >= 0.3 is 0 Å². The summed E-state index contributed by atoms with van der Waals surface area (Å²) < 4.78 is 19.3. The van der Waals surface area contributed by atoms with Gasteiger partial charge in [-0.25, -0.2) is 4.39 Å². The summed E-state index contributed by atoms with van der Waals surface area (Å²) in [5, 5.41) is 1.02. The van der Waals surface area contributed by atoms with Crippen LogP contribution in [0.25, 0.3) is 10.9 Å². The monoisotopic (exact) mass is 367 g/mol. The lowest BCUT2D eigenvalue weighted by atomic mass is 10.1. The van der Waals surface area contributed by atoms with E-state index in [0.29, 0.717) is 37.6 Å². The molecule has 0 saturated carbocycles. The zero-order valence-corrected chi connectivity index (χ0v) is 15.5. The number of hydrogen-bond donors (Lipinski definition) is 1. The van der Waals surface area contributed by atoms with Crippen molar-refractivity contribution in [1.29, 1.82) is 0 Å². The van der Waals surface area contributed by atoms with Crippen LogP contribution in [0.3, 0.4) is 0 Å². The van der Waals surface area contributed by atoms with Crippen molar-refractivity contribution in [2.24, 2.45) is 0 Å². The number of hydrogen-bond acceptors (Lipinski definition) is 3. The highest BCUT2D eigenvalue weighted by Gasteiger charge is 2.26. The number of amides is 1. The molecule has 1 saturated heterocycles. The normalized spacial score (nSPS) is 14.6. The van der Waals surface area contributed by atoms with E-state index in [4.69, 9.17) is 4.74 Å². The van der Waals surface area contributed by atoms with Crippen LogP contribution in [0.5, 0.6) is 5.75 Å². The van der Waals surface area contributed by atoms with Crippen LogP contribution in [0.1, 0.15) is 16.1 Å². The fourth-order valence-corrected chi connectivity index (χ4v) is 3.67. The Kier molecular flexibility index (Phi) is 4.48. The molecule has 0 radical (unpaired) electrons. The predicted molar refractivity (Wildman–Crippen MR) is 104 cm³/mol. The van der Waals surface area contributed by atoms with E-state index in [-0.39, 0.29) is 11.7 Å². The summed E-state index contributed by atoms with van der Waals surface area (Å²) in [7, 11) is 1.62. The van der Waals surface area contributed by atoms with Gasteiger partial charge in [0.2, 0.25) is 0 Å². The van der Waals surface area contributed by atoms with E-state index >= 15 is 0 Å². The Bertz CT molecular complexity index is 990. The molecule has 0 unspecified atom stereocenters. The number of aromatic nitrogens is 1. The van der Waals surface area contributed by atoms with Crippen molar-refractivity contribution in [3.63, 3.8) is 0 Å². The molecule has 1 aliphatic heterocycles. The fraction of sp³-hybridized carbons (Fsp3) is 0.286. The van der Waals surface area contributed by atoms with Crippen molar-refractivity contribution in [1.82, 2.24) is 9.88 Å². The van der Waals surface area contributed by atoms with Gasteiger partial charge in [0.15, 0.2) is 0 Å². The van der Waals surface area contributed by atoms with Gasteiger partial charge in [-0.15, -0.1) is 0 Å². The average molecular weight is 367 g/mol. The van der Waals surface area contributed by atoms with Crippen molar-refractivity contribution in [2.75, 3.05) is 38.2 Å². The van der Waals surface area contributed by atoms with Crippen molar-refractivity contribution >= 4 is 22.5 Å². The molecule has 0 bridgehead atoms. The third-order valence-corrected chi connectivity index (χ3v) is 5.24. The van der Waals surface area contributed by atoms with E-state index in [1.807, 2.05) is 41.0 Å². The maximum atomic E-state index is 14.0. The zero-order valence-electron chi connectivity index (χ0n) is 15.5. The highest BCUT2D eigenvalue weighted by Crippen LogP contribution is 2.27. The summed E-state index contributed by atoms with van der Waals surface area (Å²) in [5.74, 6) is 0.509. The molecular weight excluding hydrogens is 345 g/mol. The summed E-state index contributed by atoms with van der Waals surface area (Å²) in [6.07, 6.45) is 0. The molecule has 1 aliphatic rings. The standard InChI is InChI=1S/C21H22FN3O2/c1-14-16-8-7-15(27-2)13-18(16)23-20(14)21(26)25-11-9-24(10-12-25)19-6-4-3-5-17(19)22/h3-8,13,23H,9-12H2,1-2H3. The largest absolute Gasteiger partial charge is 0.497 e. The van der Waals surface area contributed by atoms with E-state index in [2.05, 4.69) is 4.98 Å². The molecule has 1 fully saturated rings. The first-order chi connectivity index (χ1) is 13.1. The van der Waals surface area contributed by atoms with Crippen molar-refractivity contribution in [3.8, 4) is 5.75 Å². The number of rotatable bonds is 3. The van der Waals surface area contributed by atoms with Gasteiger partial charge in [0.25, 0.3) is 5.91 Å². The topological polar surface area (TPSA) is 48.6 Å². The number of anilines is 1. The Morgan fingerprint density at radius 1 is 1.11 bits per heavy atom. The van der Waals surface area contributed by atoms with Crippen LogP contribution in [0.15, 0.2) is 42.5 Å². The highest BCUT2D eigenvalue weighted by atomic mass is 19.1. The molecule has 1 aromatic heterocycles. The number of methoxy groups -OCH3 is 1. The van der Waals surface area contributed by atoms with Crippen LogP contribution in [-0.2, 0) is 0 Å². The molecule has 0 aliphatic carbocycles. The third-order valence-electron chi connectivity index (χ3n) is 5.24. The summed E-state index contributed by atoms with van der Waals surface area (Å²) in [6, 6.07) is 12.5. The van der Waals surface area contributed by atoms with E-state index in [0.717, 1.165) is 22.2 Å². The fourth-order valence-electron chi connectivity index (χ4n) is 3.67. The number of piperazine rings is 1. The first-order valence-electron chi connectivity index (χ1n) is 9.03. The van der Waals surface area contributed by atoms with Crippen LogP contribution in [0.2, 0.25) is 0 Å². The zero-order chi connectivity index (χ0) is 19.0. The minimum atomic E-state index is -0.224. The smallest absolute Gasteiger partial charge is 0.270 e. The molecule has 3 aromatic rings. The molecule has 140 valence electrons. The van der Waals surface area contributed by atoms with Gasteiger partial charge in [-0.05, 0) is 36.8 Å². The number of halogens is 1. The van der Waals surface area contributed by atoms with Gasteiger partial charge in [0.05, 0.1) is 12.8 Å². The minimum Gasteiger partial charge on any atom is -0.497 e. The second-order valence-electron chi connectivity index (χ2n) is 6.77. The first-order valence-corrected chi connectivity index (χ1v) is 9.03. The van der Waals surface area contributed by atoms with E-state index < -0.39 is 0 Å². The lowest BCUT2D eigenvalue weighted by Crippen LogP contribution is -2.49. The average Bonchev–Trinajstić information content (AvgIpc) is 3.04. The van der Waals surface area contributed by atoms with Crippen LogP contribution >= 0.6 is 0 Å². The maximum absolute atomic E-state index is 14.0. The van der Waals surface area contributed by atoms with Crippen molar-refractivity contribution < 1.29 is 13.9 Å². The number of fused-ring (bicyclic) bond motifs is 1. The summed E-state index contributed by atoms with van der Waals surface area (Å²) in [5.41, 5.74) is 3.03. The summed E-state index contributed by atoms with van der Waals surface area (Å²) in [6.45, 7) is 4.30. The minimum absolute atomic E-state index is 0.0177. The van der Waals surface area contributed by atoms with E-state index in [9.17, 15) is 9.18 Å². The van der Waals surface area contributed by atoms with Gasteiger partial charge in [-0.3, -0.25) is 4.79 Å². The Balaban J connectivity index is 1.52. The van der Waals surface area contributed by atoms with Gasteiger partial charge in [0.1, 0.15) is 17.3 Å². The van der Waals surface area contributed by atoms with Crippen molar-refractivity contribution in [2.45, 2.75) is 6.92 Å². The lowest BCUT2D eigenvalue weighted by Gasteiger charge is -2.36. The number of para-hydroxylation sites is 1. The Hall–Kier alpha value is -3.02. The van der Waals surface area contributed by atoms with Gasteiger partial charge in [-0.1, -0.05) is 12.1 Å². The molecule has 0 spiro atoms. The van der Waals surface area contributed by atoms with Gasteiger partial charge in [0, 0.05) is 43.1 Å². The maximum Gasteiger partial charge on any atom is 0.270 e. The lowest BCUT2D eigenvalue weighted by molar-refractivity contribution is 0.0741. The number of carbonyl (C=O) groups excluding carboxylic acids is 1. The molecule has 27 heavy (non-hydrogen) atoms. The molecule has 4 rings (SSSR count). The molecule has 1 N–H and O–H groups in total. The SMILES string of the molecule is COc1ccc2c(C)c(C(=O)N3CCN(c4ccccc4F)CC3)[nH]c2c1. The van der Waals surface area contributed by atoms with Crippen molar-refractivity contribution in [3.05, 3.63) is 59.5 Å². The molecule has 1 amide bonds. The number of nitrogens with one attached hydrogen (secondary N) is 1.